The van der Waals surface area contributed by atoms with Gasteiger partial charge in [0.15, 0.2) is 0 Å². The lowest BCUT2D eigenvalue weighted by Gasteiger charge is -2.30. The monoisotopic (exact) mass is 454 g/mol. The molecule has 0 saturated heterocycles. The minimum Gasteiger partial charge on any atom is -0.496 e. The van der Waals surface area contributed by atoms with E-state index in [1.807, 2.05) is 31.2 Å². The maximum Gasteiger partial charge on any atom is 0.323 e. The predicted octanol–water partition coefficient (Wildman–Crippen LogP) is 2.87. The number of amides is 1. The van der Waals surface area contributed by atoms with Crippen LogP contribution in [-0.2, 0) is 17.1 Å². The van der Waals surface area contributed by atoms with Gasteiger partial charge in [-0.1, -0.05) is 18.2 Å². The minimum atomic E-state index is -1.38. The molecule has 1 atom stereocenters. The number of carbonyl (C=O) groups excluding carboxylic acids is 1. The molecule has 1 aromatic heterocycles. The van der Waals surface area contributed by atoms with Gasteiger partial charge in [-0.05, 0) is 48.7 Å². The maximum absolute atomic E-state index is 13.5. The highest BCUT2D eigenvalue weighted by atomic mass is 32.2. The molecule has 1 aliphatic heterocycles. The maximum atomic E-state index is 13.5. The van der Waals surface area contributed by atoms with Gasteiger partial charge in [-0.3, -0.25) is 9.59 Å². The van der Waals surface area contributed by atoms with Crippen LogP contribution in [0, 0.1) is 6.92 Å². The Morgan fingerprint density at radius 3 is 2.47 bits per heavy atom. The number of aromatic nitrogens is 1. The summed E-state index contributed by atoms with van der Waals surface area (Å²) < 4.78 is 15.8. The van der Waals surface area contributed by atoms with Gasteiger partial charge in [0.25, 0.3) is 5.91 Å². The van der Waals surface area contributed by atoms with Crippen molar-refractivity contribution in [3.63, 3.8) is 0 Å². The van der Waals surface area contributed by atoms with Crippen molar-refractivity contribution in [2.24, 2.45) is 4.99 Å². The number of aryl methyl sites for hydroxylation is 1. The first-order valence-electron chi connectivity index (χ1n) is 9.70. The molecule has 10 heteroatoms. The van der Waals surface area contributed by atoms with Crippen molar-refractivity contribution >= 4 is 40.3 Å². The highest BCUT2D eigenvalue weighted by Crippen LogP contribution is 2.41. The van der Waals surface area contributed by atoms with Crippen LogP contribution < -0.4 is 19.5 Å². The summed E-state index contributed by atoms with van der Waals surface area (Å²) in [7, 11) is 3.06. The van der Waals surface area contributed by atoms with Gasteiger partial charge in [0.2, 0.25) is 5.79 Å². The molecule has 1 amide bonds. The van der Waals surface area contributed by atoms with E-state index in [9.17, 15) is 14.7 Å². The number of nitrogens with zero attached hydrogens (tertiary/aromatic N) is 2. The Bertz CT molecular complexity index is 1210. The second-order valence-corrected chi connectivity index (χ2v) is 7.88. The lowest BCUT2D eigenvalue weighted by Crippen LogP contribution is -2.51. The number of nitrogens with one attached hydrogen (secondary N) is 2. The second kappa shape index (κ2) is 8.56. The van der Waals surface area contributed by atoms with Gasteiger partial charge in [-0.15, -0.1) is 0 Å². The molecule has 0 radical (unpaired) electrons. The number of para-hydroxylation sites is 1. The van der Waals surface area contributed by atoms with E-state index in [1.165, 1.54) is 30.7 Å². The van der Waals surface area contributed by atoms with Crippen LogP contribution in [0.3, 0.4) is 0 Å². The van der Waals surface area contributed by atoms with Crippen LogP contribution in [0.15, 0.2) is 47.5 Å². The third-order valence-corrected chi connectivity index (χ3v) is 5.77. The lowest BCUT2D eigenvalue weighted by atomic mass is 10.0. The Labute approximate surface area is 188 Å². The Hall–Kier alpha value is -3.50. The molecule has 0 aliphatic carbocycles. The zero-order valence-electron chi connectivity index (χ0n) is 17.7. The van der Waals surface area contributed by atoms with Crippen LogP contribution in [-0.4, -0.2) is 41.3 Å². The normalized spacial score (nSPS) is 17.5. The molecule has 2 aromatic carbocycles. The number of aliphatic imine (C=N–C) groups is 1. The highest BCUT2D eigenvalue weighted by molar-refractivity contribution is 8.10. The number of ether oxygens (including phenoxy) is 2. The SMILES string of the molecule is COc1cc(C)cc(OC)c1C1(NC(=O)c2cc3ccccc3n2CC(=O)O)N=CSN1. The molecule has 3 aromatic rings. The first-order valence-corrected chi connectivity index (χ1v) is 10.6. The van der Waals surface area contributed by atoms with E-state index in [1.54, 1.807) is 23.7 Å². The Morgan fingerprint density at radius 1 is 1.19 bits per heavy atom. The molecule has 0 fully saturated rings. The van der Waals surface area contributed by atoms with Gasteiger partial charge >= 0.3 is 5.97 Å². The van der Waals surface area contributed by atoms with Crippen molar-refractivity contribution in [2.75, 3.05) is 14.2 Å². The van der Waals surface area contributed by atoms with E-state index in [0.717, 1.165) is 10.9 Å². The van der Waals surface area contributed by atoms with Crippen LogP contribution in [0.4, 0.5) is 0 Å². The fourth-order valence-electron chi connectivity index (χ4n) is 3.81. The van der Waals surface area contributed by atoms with E-state index < -0.39 is 17.7 Å². The molecule has 1 aliphatic rings. The molecule has 0 saturated carbocycles. The molecule has 0 bridgehead atoms. The molecular weight excluding hydrogens is 432 g/mol. The van der Waals surface area contributed by atoms with E-state index in [4.69, 9.17) is 9.47 Å². The second-order valence-electron chi connectivity index (χ2n) is 7.23. The van der Waals surface area contributed by atoms with Crippen molar-refractivity contribution in [1.82, 2.24) is 14.6 Å². The number of hydrogen-bond acceptors (Lipinski definition) is 7. The van der Waals surface area contributed by atoms with Crippen LogP contribution in [0.5, 0.6) is 11.5 Å². The van der Waals surface area contributed by atoms with Crippen molar-refractivity contribution in [3.05, 3.63) is 59.3 Å². The largest absolute Gasteiger partial charge is 0.496 e. The van der Waals surface area contributed by atoms with Crippen molar-refractivity contribution in [1.29, 1.82) is 0 Å². The van der Waals surface area contributed by atoms with Crippen molar-refractivity contribution in [3.8, 4) is 11.5 Å². The number of carboxylic acid groups (broad SMARTS) is 1. The van der Waals surface area contributed by atoms with Crippen molar-refractivity contribution < 1.29 is 24.2 Å². The number of hydrogen-bond donors (Lipinski definition) is 3. The van der Waals surface area contributed by atoms with Gasteiger partial charge < -0.3 is 24.5 Å². The summed E-state index contributed by atoms with van der Waals surface area (Å²) >= 11 is 1.21. The summed E-state index contributed by atoms with van der Waals surface area (Å²) in [5, 5.41) is 13.1. The van der Waals surface area contributed by atoms with Gasteiger partial charge in [-0.2, -0.15) is 0 Å². The number of carboxylic acids is 1. The summed E-state index contributed by atoms with van der Waals surface area (Å²) in [6.45, 7) is 1.55. The van der Waals surface area contributed by atoms with E-state index in [2.05, 4.69) is 15.0 Å². The summed E-state index contributed by atoms with van der Waals surface area (Å²) in [5.41, 5.74) is 3.85. The number of carbonyl (C=O) groups is 2. The predicted molar refractivity (Wildman–Crippen MR) is 122 cm³/mol. The van der Waals surface area contributed by atoms with Crippen LogP contribution in [0.25, 0.3) is 10.9 Å². The zero-order chi connectivity index (χ0) is 22.9. The number of aliphatic carboxylic acids is 1. The minimum absolute atomic E-state index is 0.201. The summed E-state index contributed by atoms with van der Waals surface area (Å²) in [6.07, 6.45) is 0. The highest BCUT2D eigenvalue weighted by Gasteiger charge is 2.42. The Balaban J connectivity index is 1.82. The number of methoxy groups -OCH3 is 2. The van der Waals surface area contributed by atoms with E-state index in [-0.39, 0.29) is 12.2 Å². The van der Waals surface area contributed by atoms with Crippen LogP contribution >= 0.6 is 11.9 Å². The van der Waals surface area contributed by atoms with Crippen molar-refractivity contribution in [2.45, 2.75) is 19.3 Å². The number of fused-ring (bicyclic) bond motifs is 1. The molecule has 2 heterocycles. The molecule has 0 spiro atoms. The fourth-order valence-corrected chi connectivity index (χ4v) is 4.45. The summed E-state index contributed by atoms with van der Waals surface area (Å²) in [6, 6.07) is 12.5. The Kier molecular flexibility index (Phi) is 5.81. The standard InChI is InChI=1S/C22H22N4O5S/c1-13-8-17(30-2)20(18(9-13)31-3)22(23-12-32-25-22)24-21(29)16-10-14-6-4-5-7-15(14)26(16)11-19(27)28/h4-10,12,25H,11H2,1-3H3,(H,24,29)(H,27,28). The van der Waals surface area contributed by atoms with Gasteiger partial charge in [-0.25, -0.2) is 9.71 Å². The van der Waals surface area contributed by atoms with E-state index in [0.29, 0.717) is 22.6 Å². The first kappa shape index (κ1) is 21.7. The number of rotatable bonds is 7. The average molecular weight is 455 g/mol. The molecule has 9 nitrogen and oxygen atoms in total. The smallest absolute Gasteiger partial charge is 0.323 e. The van der Waals surface area contributed by atoms with Gasteiger partial charge in [0.1, 0.15) is 29.3 Å². The Morgan fingerprint density at radius 2 is 1.88 bits per heavy atom. The summed E-state index contributed by atoms with van der Waals surface area (Å²) in [4.78, 5) is 29.5. The third-order valence-electron chi connectivity index (χ3n) is 5.15. The van der Waals surface area contributed by atoms with Crippen LogP contribution in [0.2, 0.25) is 0 Å². The number of benzene rings is 2. The molecule has 3 N–H and O–H groups in total. The molecule has 32 heavy (non-hydrogen) atoms. The topological polar surface area (TPSA) is 114 Å². The molecular formula is C22H22N4O5S. The third kappa shape index (κ3) is 3.78. The zero-order valence-corrected chi connectivity index (χ0v) is 18.5. The van der Waals surface area contributed by atoms with Gasteiger partial charge in [0, 0.05) is 10.9 Å². The average Bonchev–Trinajstić information content (AvgIpc) is 3.38. The quantitative estimate of drug-likeness (QED) is 0.470. The lowest BCUT2D eigenvalue weighted by molar-refractivity contribution is -0.137. The molecule has 166 valence electrons. The van der Waals surface area contributed by atoms with Gasteiger partial charge in [0.05, 0.1) is 19.8 Å². The molecule has 1 unspecified atom stereocenters. The van der Waals surface area contributed by atoms with Crippen LogP contribution in [0.1, 0.15) is 21.6 Å². The molecule has 4 rings (SSSR count). The van der Waals surface area contributed by atoms with E-state index >= 15 is 0 Å². The first-order chi connectivity index (χ1) is 15.4. The fraction of sp³-hybridized carbons (Fsp3) is 0.227. The summed E-state index contributed by atoms with van der Waals surface area (Å²) in [5.74, 6) is -1.96.